The van der Waals surface area contributed by atoms with Crippen LogP contribution in [0, 0.1) is 6.92 Å². The van der Waals surface area contributed by atoms with Crippen LogP contribution in [0.15, 0.2) is 22.7 Å². The number of hydrazine groups is 1. The summed E-state index contributed by atoms with van der Waals surface area (Å²) >= 11 is 9.48. The smallest absolute Gasteiger partial charge is 0.148 e. The van der Waals surface area contributed by atoms with Gasteiger partial charge in [0.2, 0.25) is 0 Å². The van der Waals surface area contributed by atoms with Gasteiger partial charge in [0.1, 0.15) is 17.5 Å². The number of nitrogens with two attached hydrogens (primary N) is 1. The van der Waals surface area contributed by atoms with Crippen LogP contribution in [0.2, 0.25) is 5.02 Å². The quantitative estimate of drug-likeness (QED) is 0.551. The molecule has 0 bridgehead atoms. The van der Waals surface area contributed by atoms with Gasteiger partial charge in [-0.15, -0.1) is 0 Å². The molecule has 0 saturated carbocycles. The van der Waals surface area contributed by atoms with Crippen molar-refractivity contribution >= 4 is 44.9 Å². The first-order valence-electron chi connectivity index (χ1n) is 6.49. The summed E-state index contributed by atoms with van der Waals surface area (Å²) in [5, 5.41) is 3.89. The van der Waals surface area contributed by atoms with Crippen molar-refractivity contribution < 1.29 is 0 Å². The van der Waals surface area contributed by atoms with E-state index in [0.717, 1.165) is 21.5 Å². The number of halogens is 2. The molecule has 0 aliphatic heterocycles. The first-order chi connectivity index (χ1) is 9.92. The van der Waals surface area contributed by atoms with Gasteiger partial charge in [-0.1, -0.05) is 25.4 Å². The van der Waals surface area contributed by atoms with Crippen LogP contribution < -0.4 is 16.6 Å². The normalized spacial score (nSPS) is 10.8. The van der Waals surface area contributed by atoms with E-state index in [1.54, 1.807) is 0 Å². The maximum absolute atomic E-state index is 6.11. The maximum Gasteiger partial charge on any atom is 0.148 e. The Hall–Kier alpha value is -1.37. The molecule has 0 aliphatic rings. The molecule has 0 atom stereocenters. The molecule has 2 aromatic rings. The van der Waals surface area contributed by atoms with Crippen LogP contribution >= 0.6 is 27.5 Å². The van der Waals surface area contributed by atoms with Crippen molar-refractivity contribution in [2.24, 2.45) is 5.84 Å². The zero-order valence-electron chi connectivity index (χ0n) is 12.0. The van der Waals surface area contributed by atoms with E-state index in [0.29, 0.717) is 16.7 Å². The molecule has 21 heavy (non-hydrogen) atoms. The van der Waals surface area contributed by atoms with E-state index < -0.39 is 0 Å². The number of hydrogen-bond donors (Lipinski definition) is 3. The molecule has 1 aromatic carbocycles. The Morgan fingerprint density at radius 3 is 2.48 bits per heavy atom. The van der Waals surface area contributed by atoms with E-state index in [9.17, 15) is 0 Å². The molecule has 5 nitrogen and oxygen atoms in total. The molecule has 7 heteroatoms. The summed E-state index contributed by atoms with van der Waals surface area (Å²) in [6, 6.07) is 5.63. The standard InChI is InChI=1S/C14H17BrClN5/c1-7(2)12-19-13(8(3)14(20-12)21-17)18-9-4-5-10(15)11(16)6-9/h4-7H,17H2,1-3H3,(H2,18,19,20,21). The first kappa shape index (κ1) is 16.0. The predicted octanol–water partition coefficient (Wildman–Crippen LogP) is 4.35. The predicted molar refractivity (Wildman–Crippen MR) is 91.1 cm³/mol. The number of hydrogen-bond acceptors (Lipinski definition) is 5. The van der Waals surface area contributed by atoms with Crippen molar-refractivity contribution in [1.82, 2.24) is 9.97 Å². The fraction of sp³-hybridized carbons (Fsp3) is 0.286. The van der Waals surface area contributed by atoms with E-state index in [2.05, 4.69) is 36.6 Å². The molecule has 0 unspecified atom stereocenters. The maximum atomic E-state index is 6.11. The van der Waals surface area contributed by atoms with Crippen molar-refractivity contribution in [2.75, 3.05) is 10.7 Å². The lowest BCUT2D eigenvalue weighted by Gasteiger charge is -2.15. The Morgan fingerprint density at radius 1 is 1.24 bits per heavy atom. The number of nitrogens with one attached hydrogen (secondary N) is 2. The summed E-state index contributed by atoms with van der Waals surface area (Å²) in [6.07, 6.45) is 0. The van der Waals surface area contributed by atoms with Gasteiger partial charge in [-0.2, -0.15) is 0 Å². The van der Waals surface area contributed by atoms with Crippen LogP contribution in [-0.2, 0) is 0 Å². The van der Waals surface area contributed by atoms with Gasteiger partial charge in [-0.05, 0) is 41.1 Å². The first-order valence-corrected chi connectivity index (χ1v) is 7.66. The average Bonchev–Trinajstić information content (AvgIpc) is 2.44. The zero-order valence-corrected chi connectivity index (χ0v) is 14.4. The van der Waals surface area contributed by atoms with Gasteiger partial charge in [-0.25, -0.2) is 15.8 Å². The molecule has 2 rings (SSSR count). The van der Waals surface area contributed by atoms with Crippen LogP contribution in [-0.4, -0.2) is 9.97 Å². The van der Waals surface area contributed by atoms with Gasteiger partial charge in [0.15, 0.2) is 0 Å². The molecule has 0 aliphatic carbocycles. The van der Waals surface area contributed by atoms with E-state index >= 15 is 0 Å². The minimum absolute atomic E-state index is 0.201. The SMILES string of the molecule is Cc1c(NN)nc(C(C)C)nc1Nc1ccc(Br)c(Cl)c1. The summed E-state index contributed by atoms with van der Waals surface area (Å²) in [5.74, 6) is 7.77. The molecule has 0 fully saturated rings. The van der Waals surface area contributed by atoms with Crippen LogP contribution in [0.5, 0.6) is 0 Å². The van der Waals surface area contributed by atoms with E-state index in [1.807, 2.05) is 39.0 Å². The highest BCUT2D eigenvalue weighted by molar-refractivity contribution is 9.10. The number of rotatable bonds is 4. The summed E-state index contributed by atoms with van der Waals surface area (Å²) < 4.78 is 0.848. The lowest BCUT2D eigenvalue weighted by Crippen LogP contribution is -2.14. The van der Waals surface area contributed by atoms with Crippen molar-refractivity contribution in [1.29, 1.82) is 0 Å². The average molecular weight is 371 g/mol. The van der Waals surface area contributed by atoms with Crippen LogP contribution in [0.25, 0.3) is 0 Å². The number of nitrogens with zero attached hydrogens (tertiary/aromatic N) is 2. The van der Waals surface area contributed by atoms with Gasteiger partial charge < -0.3 is 10.7 Å². The molecular weight excluding hydrogens is 354 g/mol. The van der Waals surface area contributed by atoms with E-state index in [-0.39, 0.29) is 5.92 Å². The highest BCUT2D eigenvalue weighted by Crippen LogP contribution is 2.29. The van der Waals surface area contributed by atoms with Gasteiger partial charge in [0.05, 0.1) is 5.02 Å². The summed E-state index contributed by atoms with van der Waals surface area (Å²) in [6.45, 7) is 5.97. The lowest BCUT2D eigenvalue weighted by molar-refractivity contribution is 0.774. The summed E-state index contributed by atoms with van der Waals surface area (Å²) in [7, 11) is 0. The fourth-order valence-electron chi connectivity index (χ4n) is 1.76. The summed E-state index contributed by atoms with van der Waals surface area (Å²) in [4.78, 5) is 8.96. The number of aromatic nitrogens is 2. The monoisotopic (exact) mass is 369 g/mol. The number of nitrogen functional groups attached to an aromatic ring is 1. The molecule has 1 aromatic heterocycles. The Kier molecular flexibility index (Phi) is 5.03. The molecule has 0 radical (unpaired) electrons. The molecule has 0 amide bonds. The third kappa shape index (κ3) is 3.64. The van der Waals surface area contributed by atoms with Crippen molar-refractivity contribution in [3.63, 3.8) is 0 Å². The van der Waals surface area contributed by atoms with Crippen molar-refractivity contribution in [3.05, 3.63) is 39.1 Å². The topological polar surface area (TPSA) is 75.9 Å². The molecule has 0 saturated heterocycles. The Morgan fingerprint density at radius 2 is 1.90 bits per heavy atom. The number of benzene rings is 1. The Balaban J connectivity index is 2.42. The lowest BCUT2D eigenvalue weighted by atomic mass is 10.2. The third-order valence-corrected chi connectivity index (χ3v) is 4.23. The van der Waals surface area contributed by atoms with Crippen LogP contribution in [0.3, 0.4) is 0 Å². The van der Waals surface area contributed by atoms with Gasteiger partial charge in [0, 0.05) is 21.6 Å². The minimum Gasteiger partial charge on any atom is -0.340 e. The third-order valence-electron chi connectivity index (χ3n) is 3.00. The second kappa shape index (κ2) is 6.60. The van der Waals surface area contributed by atoms with Crippen molar-refractivity contribution in [2.45, 2.75) is 26.7 Å². The van der Waals surface area contributed by atoms with Crippen LogP contribution in [0.1, 0.15) is 31.2 Å². The molecule has 0 spiro atoms. The van der Waals surface area contributed by atoms with Gasteiger partial charge in [0.25, 0.3) is 0 Å². The second-order valence-electron chi connectivity index (χ2n) is 4.96. The highest BCUT2D eigenvalue weighted by atomic mass is 79.9. The minimum atomic E-state index is 0.201. The van der Waals surface area contributed by atoms with E-state index in [1.165, 1.54) is 0 Å². The molecule has 112 valence electrons. The van der Waals surface area contributed by atoms with Crippen molar-refractivity contribution in [3.8, 4) is 0 Å². The van der Waals surface area contributed by atoms with E-state index in [4.69, 9.17) is 17.4 Å². The fourth-order valence-corrected chi connectivity index (χ4v) is 2.19. The van der Waals surface area contributed by atoms with Crippen LogP contribution in [0.4, 0.5) is 17.3 Å². The molecule has 4 N–H and O–H groups in total. The molecule has 1 heterocycles. The molecular formula is C14H17BrClN5. The largest absolute Gasteiger partial charge is 0.340 e. The summed E-state index contributed by atoms with van der Waals surface area (Å²) in [5.41, 5.74) is 4.31. The second-order valence-corrected chi connectivity index (χ2v) is 6.22. The Bertz CT molecular complexity index is 660. The van der Waals surface area contributed by atoms with Gasteiger partial charge in [-0.3, -0.25) is 0 Å². The number of anilines is 3. The van der Waals surface area contributed by atoms with Gasteiger partial charge >= 0.3 is 0 Å². The Labute approximate surface area is 137 Å². The highest BCUT2D eigenvalue weighted by Gasteiger charge is 2.13. The zero-order chi connectivity index (χ0) is 15.6.